The second-order valence-corrected chi connectivity index (χ2v) is 7.66. The highest BCUT2D eigenvalue weighted by atomic mass is 35.5. The summed E-state index contributed by atoms with van der Waals surface area (Å²) in [5, 5.41) is 4.89. The minimum atomic E-state index is -3.75. The lowest BCUT2D eigenvalue weighted by atomic mass is 10.1. The molecule has 1 N–H and O–H groups in total. The van der Waals surface area contributed by atoms with E-state index in [9.17, 15) is 8.42 Å². The van der Waals surface area contributed by atoms with Crippen LogP contribution in [0.1, 0.15) is 23.6 Å². The Morgan fingerprint density at radius 2 is 1.78 bits per heavy atom. The Morgan fingerprint density at radius 1 is 1.09 bits per heavy atom. The molecule has 0 atom stereocenters. The second-order valence-electron chi connectivity index (χ2n) is 5.19. The van der Waals surface area contributed by atoms with Crippen LogP contribution in [0.2, 0.25) is 10.0 Å². The summed E-state index contributed by atoms with van der Waals surface area (Å²) in [6, 6.07) is 10.1. The van der Waals surface area contributed by atoms with E-state index in [1.807, 2.05) is 13.0 Å². The molecule has 0 fully saturated rings. The van der Waals surface area contributed by atoms with Gasteiger partial charge >= 0.3 is 0 Å². The molecule has 23 heavy (non-hydrogen) atoms. The van der Waals surface area contributed by atoms with Gasteiger partial charge in [0.25, 0.3) is 10.0 Å². The monoisotopic (exact) mass is 370 g/mol. The first kappa shape index (κ1) is 17.8. The van der Waals surface area contributed by atoms with Crippen molar-refractivity contribution in [2.75, 3.05) is 0 Å². The third-order valence-corrected chi connectivity index (χ3v) is 5.20. The van der Waals surface area contributed by atoms with Crippen LogP contribution in [0.25, 0.3) is 0 Å². The van der Waals surface area contributed by atoms with Gasteiger partial charge in [0.15, 0.2) is 0 Å². The zero-order chi connectivity index (χ0) is 17.2. The highest BCUT2D eigenvalue weighted by Gasteiger charge is 2.16. The van der Waals surface area contributed by atoms with Crippen molar-refractivity contribution in [3.8, 4) is 0 Å². The van der Waals surface area contributed by atoms with E-state index < -0.39 is 10.0 Å². The third-order valence-electron chi connectivity index (χ3n) is 3.28. The standard InChI is InChI=1S/C16H16Cl2N2O2S/c1-10-4-5-11(2)16(8-10)23(21,22)20-19-12(3)14-9-13(17)6-7-15(14)18/h4-9,20H,1-3H3. The van der Waals surface area contributed by atoms with Crippen molar-refractivity contribution >= 4 is 38.9 Å². The summed E-state index contributed by atoms with van der Waals surface area (Å²) in [6.07, 6.45) is 0. The normalized spacial score (nSPS) is 12.3. The van der Waals surface area contributed by atoms with Gasteiger partial charge in [-0.3, -0.25) is 0 Å². The Kier molecular flexibility index (Phi) is 5.34. The van der Waals surface area contributed by atoms with E-state index in [1.165, 1.54) is 0 Å². The fourth-order valence-electron chi connectivity index (χ4n) is 2.01. The van der Waals surface area contributed by atoms with Crippen LogP contribution >= 0.6 is 23.2 Å². The van der Waals surface area contributed by atoms with Crippen LogP contribution in [0.4, 0.5) is 0 Å². The van der Waals surface area contributed by atoms with Gasteiger partial charge in [-0.05, 0) is 56.2 Å². The number of hydrazone groups is 1. The number of aryl methyl sites for hydroxylation is 2. The summed E-state index contributed by atoms with van der Waals surface area (Å²) in [5.41, 5.74) is 2.50. The predicted octanol–water partition coefficient (Wildman–Crippen LogP) is 4.31. The summed E-state index contributed by atoms with van der Waals surface area (Å²) < 4.78 is 24.8. The lowest BCUT2D eigenvalue weighted by molar-refractivity contribution is 0.583. The van der Waals surface area contributed by atoms with E-state index in [2.05, 4.69) is 9.93 Å². The first-order valence-corrected chi connectivity index (χ1v) is 9.03. The van der Waals surface area contributed by atoms with Gasteiger partial charge in [0, 0.05) is 15.6 Å². The third kappa shape index (κ3) is 4.25. The Bertz CT molecular complexity index is 878. The summed E-state index contributed by atoms with van der Waals surface area (Å²) >= 11 is 12.0. The number of rotatable bonds is 4. The van der Waals surface area contributed by atoms with Gasteiger partial charge in [-0.15, -0.1) is 0 Å². The van der Waals surface area contributed by atoms with E-state index in [-0.39, 0.29) is 4.90 Å². The van der Waals surface area contributed by atoms with Crippen LogP contribution in [0, 0.1) is 13.8 Å². The highest BCUT2D eigenvalue weighted by Crippen LogP contribution is 2.21. The minimum absolute atomic E-state index is 0.200. The van der Waals surface area contributed by atoms with Gasteiger partial charge in [0.2, 0.25) is 0 Å². The highest BCUT2D eigenvalue weighted by molar-refractivity contribution is 7.89. The molecule has 0 aliphatic carbocycles. The number of halogens is 2. The van der Waals surface area contributed by atoms with E-state index in [0.29, 0.717) is 26.9 Å². The number of nitrogens with zero attached hydrogens (tertiary/aromatic N) is 1. The summed E-state index contributed by atoms with van der Waals surface area (Å²) in [7, 11) is -3.75. The van der Waals surface area contributed by atoms with Gasteiger partial charge in [0.05, 0.1) is 10.6 Å². The SMILES string of the molecule is CC(=NNS(=O)(=O)c1cc(C)ccc1C)c1cc(Cl)ccc1Cl. The number of hydrogen-bond acceptors (Lipinski definition) is 3. The van der Waals surface area contributed by atoms with Crippen LogP contribution in [-0.2, 0) is 10.0 Å². The predicted molar refractivity (Wildman–Crippen MR) is 94.9 cm³/mol. The molecule has 0 spiro atoms. The molecule has 2 aromatic rings. The van der Waals surface area contributed by atoms with Crippen molar-refractivity contribution < 1.29 is 8.42 Å². The topological polar surface area (TPSA) is 58.5 Å². The average Bonchev–Trinajstić information content (AvgIpc) is 2.49. The smallest absolute Gasteiger partial charge is 0.200 e. The van der Waals surface area contributed by atoms with Gasteiger partial charge in [-0.25, -0.2) is 0 Å². The van der Waals surface area contributed by atoms with Crippen molar-refractivity contribution in [2.24, 2.45) is 5.10 Å². The first-order chi connectivity index (χ1) is 10.7. The van der Waals surface area contributed by atoms with Crippen molar-refractivity contribution in [3.63, 3.8) is 0 Å². The van der Waals surface area contributed by atoms with Crippen molar-refractivity contribution in [1.82, 2.24) is 4.83 Å². The van der Waals surface area contributed by atoms with Crippen LogP contribution < -0.4 is 4.83 Å². The molecule has 0 aliphatic heterocycles. The van der Waals surface area contributed by atoms with Crippen molar-refractivity contribution in [2.45, 2.75) is 25.7 Å². The van der Waals surface area contributed by atoms with E-state index >= 15 is 0 Å². The Hall–Kier alpha value is -1.56. The van der Waals surface area contributed by atoms with Gasteiger partial charge in [-0.2, -0.15) is 18.4 Å². The van der Waals surface area contributed by atoms with Gasteiger partial charge < -0.3 is 0 Å². The molecule has 0 aromatic heterocycles. The molecule has 2 aromatic carbocycles. The van der Waals surface area contributed by atoms with E-state index in [4.69, 9.17) is 23.2 Å². The quantitative estimate of drug-likeness (QED) is 0.643. The molecular weight excluding hydrogens is 355 g/mol. The maximum atomic E-state index is 12.4. The number of sulfonamides is 1. The lowest BCUT2D eigenvalue weighted by Gasteiger charge is -2.09. The number of nitrogens with one attached hydrogen (secondary N) is 1. The fraction of sp³-hybridized carbons (Fsp3) is 0.188. The lowest BCUT2D eigenvalue weighted by Crippen LogP contribution is -2.21. The molecule has 2 rings (SSSR count). The molecule has 0 saturated heterocycles. The summed E-state index contributed by atoms with van der Waals surface area (Å²) in [5.74, 6) is 0. The molecule has 0 amide bonds. The molecule has 4 nitrogen and oxygen atoms in total. The van der Waals surface area contributed by atoms with Crippen molar-refractivity contribution in [3.05, 3.63) is 63.1 Å². The minimum Gasteiger partial charge on any atom is -0.200 e. The van der Waals surface area contributed by atoms with Crippen LogP contribution in [0.5, 0.6) is 0 Å². The Labute approximate surface area is 146 Å². The molecule has 122 valence electrons. The zero-order valence-corrected chi connectivity index (χ0v) is 15.2. The molecular formula is C16H16Cl2N2O2S. The molecule has 0 unspecified atom stereocenters. The molecule has 0 heterocycles. The molecule has 0 radical (unpaired) electrons. The van der Waals surface area contributed by atoms with Crippen molar-refractivity contribution in [1.29, 1.82) is 0 Å². The first-order valence-electron chi connectivity index (χ1n) is 6.79. The molecule has 0 aliphatic rings. The van der Waals surface area contributed by atoms with Crippen LogP contribution in [-0.4, -0.2) is 14.1 Å². The fourth-order valence-corrected chi connectivity index (χ4v) is 3.62. The maximum absolute atomic E-state index is 12.4. The Morgan fingerprint density at radius 3 is 2.48 bits per heavy atom. The van der Waals surface area contributed by atoms with E-state index in [1.54, 1.807) is 44.2 Å². The van der Waals surface area contributed by atoms with E-state index in [0.717, 1.165) is 5.56 Å². The Balaban J connectivity index is 2.34. The van der Waals surface area contributed by atoms with Crippen LogP contribution in [0.15, 0.2) is 46.4 Å². The maximum Gasteiger partial charge on any atom is 0.276 e. The molecule has 0 bridgehead atoms. The van der Waals surface area contributed by atoms with Gasteiger partial charge in [-0.1, -0.05) is 35.3 Å². The summed E-state index contributed by atoms with van der Waals surface area (Å²) in [6.45, 7) is 5.22. The van der Waals surface area contributed by atoms with Gasteiger partial charge in [0.1, 0.15) is 0 Å². The molecule has 7 heteroatoms. The summed E-state index contributed by atoms with van der Waals surface area (Å²) in [4.78, 5) is 2.45. The second kappa shape index (κ2) is 6.91. The van der Waals surface area contributed by atoms with Crippen LogP contribution in [0.3, 0.4) is 0 Å². The zero-order valence-electron chi connectivity index (χ0n) is 12.9. The number of benzene rings is 2. The molecule has 0 saturated carbocycles. The number of hydrogen-bond donors (Lipinski definition) is 1. The average molecular weight is 371 g/mol. The largest absolute Gasteiger partial charge is 0.276 e.